The molecule has 2 N–H and O–H groups in total. The summed E-state index contributed by atoms with van der Waals surface area (Å²) < 4.78 is 34.0. The molecule has 0 aliphatic rings. The van der Waals surface area contributed by atoms with Gasteiger partial charge in [0.1, 0.15) is 0 Å². The van der Waals surface area contributed by atoms with E-state index in [0.29, 0.717) is 19.5 Å². The number of benzene rings is 1. The second-order valence-electron chi connectivity index (χ2n) is 5.48. The zero-order chi connectivity index (χ0) is 16.8. The molecule has 0 spiro atoms. The molecule has 5 nitrogen and oxygen atoms in total. The predicted molar refractivity (Wildman–Crippen MR) is 77.4 cm³/mol. The smallest absolute Gasteiger partial charge is 0.387 e. The summed E-state index contributed by atoms with van der Waals surface area (Å²) in [7, 11) is 1.37. The summed E-state index contributed by atoms with van der Waals surface area (Å²) in [6.07, 6.45) is 0.457. The van der Waals surface area contributed by atoms with Gasteiger partial charge in [-0.3, -0.25) is 4.79 Å². The number of carboxylic acid groups (broad SMARTS) is 1. The fourth-order valence-electron chi connectivity index (χ4n) is 1.76. The fourth-order valence-corrected chi connectivity index (χ4v) is 1.76. The third kappa shape index (κ3) is 5.48. The van der Waals surface area contributed by atoms with Gasteiger partial charge in [0.05, 0.1) is 12.5 Å². The Morgan fingerprint density at radius 3 is 2.59 bits per heavy atom. The first-order valence-electron chi connectivity index (χ1n) is 6.82. The number of halogens is 2. The first-order valence-corrected chi connectivity index (χ1v) is 6.82. The second-order valence-corrected chi connectivity index (χ2v) is 5.48. The standard InChI is InChI=1S/C15H21F2NO4/c1-15(2,13(19)20)6-7-18-9-10-4-5-11(21-3)12(8-10)22-14(16)17/h4-5,8,14,18H,6-7,9H2,1-3H3,(H,19,20). The minimum Gasteiger partial charge on any atom is -0.493 e. The molecule has 0 aliphatic heterocycles. The molecule has 7 heteroatoms. The van der Waals surface area contributed by atoms with Crippen molar-refractivity contribution in [3.63, 3.8) is 0 Å². The van der Waals surface area contributed by atoms with Gasteiger partial charge in [-0.05, 0) is 44.5 Å². The van der Waals surface area contributed by atoms with Gasteiger partial charge in [0, 0.05) is 6.54 Å². The van der Waals surface area contributed by atoms with Crippen LogP contribution in [0.1, 0.15) is 25.8 Å². The number of hydrogen-bond acceptors (Lipinski definition) is 4. The van der Waals surface area contributed by atoms with E-state index in [1.54, 1.807) is 26.0 Å². The summed E-state index contributed by atoms with van der Waals surface area (Å²) in [5.41, 5.74) is -0.0683. The third-order valence-corrected chi connectivity index (χ3v) is 3.28. The molecule has 1 aromatic carbocycles. The Bertz CT molecular complexity index is 506. The van der Waals surface area contributed by atoms with E-state index in [-0.39, 0.29) is 11.5 Å². The predicted octanol–water partition coefficient (Wildman–Crippen LogP) is 2.89. The third-order valence-electron chi connectivity index (χ3n) is 3.28. The number of carboxylic acids is 1. The maximum absolute atomic E-state index is 12.3. The van der Waals surface area contributed by atoms with Crippen LogP contribution in [0.5, 0.6) is 11.5 Å². The van der Waals surface area contributed by atoms with Crippen LogP contribution in [0.4, 0.5) is 8.78 Å². The van der Waals surface area contributed by atoms with Crippen molar-refractivity contribution in [2.24, 2.45) is 5.41 Å². The van der Waals surface area contributed by atoms with Crippen LogP contribution in [0, 0.1) is 5.41 Å². The van der Waals surface area contributed by atoms with Crippen LogP contribution in [0.15, 0.2) is 18.2 Å². The molecule has 0 fully saturated rings. The number of hydrogen-bond donors (Lipinski definition) is 2. The van der Waals surface area contributed by atoms with E-state index >= 15 is 0 Å². The van der Waals surface area contributed by atoms with E-state index < -0.39 is 18.0 Å². The minimum atomic E-state index is -2.92. The number of nitrogens with one attached hydrogen (secondary N) is 1. The fraction of sp³-hybridized carbons (Fsp3) is 0.533. The summed E-state index contributed by atoms with van der Waals surface area (Å²) in [5.74, 6) is -0.648. The summed E-state index contributed by atoms with van der Waals surface area (Å²) in [4.78, 5) is 11.0. The molecule has 0 unspecified atom stereocenters. The van der Waals surface area contributed by atoms with Gasteiger partial charge >= 0.3 is 12.6 Å². The van der Waals surface area contributed by atoms with Crippen molar-refractivity contribution >= 4 is 5.97 Å². The minimum absolute atomic E-state index is 0.0253. The molecule has 0 radical (unpaired) electrons. The lowest BCUT2D eigenvalue weighted by atomic mass is 9.90. The zero-order valence-corrected chi connectivity index (χ0v) is 12.9. The van der Waals surface area contributed by atoms with Gasteiger partial charge in [-0.15, -0.1) is 0 Å². The quantitative estimate of drug-likeness (QED) is 0.686. The van der Waals surface area contributed by atoms with E-state index in [1.165, 1.54) is 13.2 Å². The SMILES string of the molecule is COc1ccc(CNCCC(C)(C)C(=O)O)cc1OC(F)F. The lowest BCUT2D eigenvalue weighted by Gasteiger charge is -2.19. The zero-order valence-electron chi connectivity index (χ0n) is 12.9. The average molecular weight is 317 g/mol. The Labute approximate surface area is 128 Å². The van der Waals surface area contributed by atoms with Gasteiger partial charge in [-0.25, -0.2) is 0 Å². The Hall–Kier alpha value is -1.89. The summed E-state index contributed by atoms with van der Waals surface area (Å²) in [6.45, 7) is 1.29. The topological polar surface area (TPSA) is 67.8 Å². The highest BCUT2D eigenvalue weighted by molar-refractivity contribution is 5.73. The molecule has 0 aromatic heterocycles. The number of rotatable bonds is 9. The van der Waals surface area contributed by atoms with Gasteiger partial charge < -0.3 is 19.9 Å². The molecule has 0 atom stereocenters. The van der Waals surface area contributed by atoms with Crippen LogP contribution < -0.4 is 14.8 Å². The number of aliphatic carboxylic acids is 1. The summed E-state index contributed by atoms with van der Waals surface area (Å²) >= 11 is 0. The average Bonchev–Trinajstić information content (AvgIpc) is 2.43. The highest BCUT2D eigenvalue weighted by Gasteiger charge is 2.26. The van der Waals surface area contributed by atoms with Gasteiger partial charge in [-0.1, -0.05) is 6.07 Å². The Kier molecular flexibility index (Phi) is 6.55. The van der Waals surface area contributed by atoms with E-state index in [0.717, 1.165) is 5.56 Å². The highest BCUT2D eigenvalue weighted by atomic mass is 19.3. The van der Waals surface area contributed by atoms with Crippen molar-refractivity contribution in [2.45, 2.75) is 33.4 Å². The van der Waals surface area contributed by atoms with E-state index in [4.69, 9.17) is 9.84 Å². The molecule has 0 saturated carbocycles. The maximum Gasteiger partial charge on any atom is 0.387 e. The van der Waals surface area contributed by atoms with Crippen molar-refractivity contribution in [3.8, 4) is 11.5 Å². The van der Waals surface area contributed by atoms with Gasteiger partial charge in [0.2, 0.25) is 0 Å². The Balaban J connectivity index is 2.58. The number of alkyl halides is 2. The molecule has 0 aliphatic carbocycles. The van der Waals surface area contributed by atoms with Crippen molar-refractivity contribution in [1.29, 1.82) is 0 Å². The lowest BCUT2D eigenvalue weighted by Crippen LogP contribution is -2.28. The van der Waals surface area contributed by atoms with Crippen molar-refractivity contribution in [1.82, 2.24) is 5.32 Å². The van der Waals surface area contributed by atoms with E-state index in [2.05, 4.69) is 10.1 Å². The molecule has 0 saturated heterocycles. The summed E-state index contributed by atoms with van der Waals surface area (Å²) in [5, 5.41) is 12.1. The van der Waals surface area contributed by atoms with Crippen molar-refractivity contribution in [2.75, 3.05) is 13.7 Å². The first kappa shape index (κ1) is 18.2. The Morgan fingerprint density at radius 2 is 2.05 bits per heavy atom. The monoisotopic (exact) mass is 317 g/mol. The van der Waals surface area contributed by atoms with Crippen molar-refractivity contribution < 1.29 is 28.2 Å². The van der Waals surface area contributed by atoms with Crippen LogP contribution >= 0.6 is 0 Å². The number of carbonyl (C=O) groups is 1. The molecular weight excluding hydrogens is 296 g/mol. The van der Waals surface area contributed by atoms with Gasteiger partial charge in [0.25, 0.3) is 0 Å². The normalized spacial score (nSPS) is 11.5. The molecule has 0 heterocycles. The van der Waals surface area contributed by atoms with Crippen LogP contribution in [0.2, 0.25) is 0 Å². The Morgan fingerprint density at radius 1 is 1.36 bits per heavy atom. The highest BCUT2D eigenvalue weighted by Crippen LogP contribution is 2.29. The van der Waals surface area contributed by atoms with Crippen LogP contribution in [-0.4, -0.2) is 31.3 Å². The molecular formula is C15H21F2NO4. The number of ether oxygens (including phenoxy) is 2. The van der Waals surface area contributed by atoms with E-state index in [1.807, 2.05) is 0 Å². The van der Waals surface area contributed by atoms with E-state index in [9.17, 15) is 13.6 Å². The second kappa shape index (κ2) is 7.93. The molecule has 0 amide bonds. The molecule has 0 bridgehead atoms. The van der Waals surface area contributed by atoms with Crippen molar-refractivity contribution in [3.05, 3.63) is 23.8 Å². The largest absolute Gasteiger partial charge is 0.493 e. The summed E-state index contributed by atoms with van der Waals surface area (Å²) in [6, 6.07) is 4.75. The van der Waals surface area contributed by atoms with Gasteiger partial charge in [-0.2, -0.15) is 8.78 Å². The molecule has 1 aromatic rings. The van der Waals surface area contributed by atoms with Crippen LogP contribution in [0.25, 0.3) is 0 Å². The van der Waals surface area contributed by atoms with Gasteiger partial charge in [0.15, 0.2) is 11.5 Å². The van der Waals surface area contributed by atoms with Crippen LogP contribution in [-0.2, 0) is 11.3 Å². The first-order chi connectivity index (χ1) is 10.3. The molecule has 22 heavy (non-hydrogen) atoms. The maximum atomic E-state index is 12.3. The lowest BCUT2D eigenvalue weighted by molar-refractivity contribution is -0.147. The number of methoxy groups -OCH3 is 1. The molecule has 1 rings (SSSR count). The molecule has 124 valence electrons. The van der Waals surface area contributed by atoms with Crippen LogP contribution in [0.3, 0.4) is 0 Å².